The summed E-state index contributed by atoms with van der Waals surface area (Å²) in [4.78, 5) is 16.6. The predicted octanol–water partition coefficient (Wildman–Crippen LogP) is 2.93. The molecule has 3 aromatic rings. The van der Waals surface area contributed by atoms with Gasteiger partial charge in [0.05, 0.1) is 24.0 Å². The summed E-state index contributed by atoms with van der Waals surface area (Å²) < 4.78 is 1.93. The van der Waals surface area contributed by atoms with E-state index in [1.54, 1.807) is 36.8 Å². The molecule has 0 saturated carbocycles. The van der Waals surface area contributed by atoms with Gasteiger partial charge in [0.15, 0.2) is 0 Å². The lowest BCUT2D eigenvalue weighted by Crippen LogP contribution is -2.31. The van der Waals surface area contributed by atoms with E-state index < -0.39 is 0 Å². The van der Waals surface area contributed by atoms with E-state index in [0.717, 1.165) is 5.56 Å². The Bertz CT molecular complexity index is 833. The molecule has 0 unspecified atom stereocenters. The quantitative estimate of drug-likeness (QED) is 0.786. The summed E-state index contributed by atoms with van der Waals surface area (Å²) in [6, 6.07) is 18.3. The fourth-order valence-electron chi connectivity index (χ4n) is 2.46. The molecule has 0 spiro atoms. The number of nitrogens with one attached hydrogen (secondary N) is 1. The third-order valence-corrected chi connectivity index (χ3v) is 3.74. The van der Waals surface area contributed by atoms with Gasteiger partial charge >= 0.3 is 0 Å². The predicted molar refractivity (Wildman–Crippen MR) is 90.0 cm³/mol. The Morgan fingerprint density at radius 3 is 2.54 bits per heavy atom. The Kier molecular flexibility index (Phi) is 4.68. The Labute approximate surface area is 140 Å². The van der Waals surface area contributed by atoms with Crippen LogP contribution in [-0.4, -0.2) is 15.5 Å². The van der Waals surface area contributed by atoms with Crippen LogP contribution in [-0.2, 0) is 6.54 Å². The van der Waals surface area contributed by atoms with Gasteiger partial charge in [0.25, 0.3) is 5.91 Å². The number of rotatable bonds is 5. The van der Waals surface area contributed by atoms with Gasteiger partial charge in [-0.3, -0.25) is 4.79 Å². The molecule has 118 valence electrons. The lowest BCUT2D eigenvalue weighted by Gasteiger charge is -2.20. The van der Waals surface area contributed by atoms with E-state index >= 15 is 0 Å². The van der Waals surface area contributed by atoms with Crippen LogP contribution in [0.15, 0.2) is 73.3 Å². The van der Waals surface area contributed by atoms with Crippen LogP contribution in [0.5, 0.6) is 0 Å². The van der Waals surface area contributed by atoms with Crippen LogP contribution in [0.1, 0.15) is 27.5 Å². The van der Waals surface area contributed by atoms with Gasteiger partial charge in [0.1, 0.15) is 0 Å². The van der Waals surface area contributed by atoms with Crippen LogP contribution in [0.3, 0.4) is 0 Å². The number of nitrogens with zero attached hydrogens (tertiary/aromatic N) is 3. The zero-order valence-corrected chi connectivity index (χ0v) is 13.0. The molecule has 1 N–H and O–H groups in total. The van der Waals surface area contributed by atoms with Crippen molar-refractivity contribution in [3.05, 3.63) is 90.0 Å². The molecule has 0 aliphatic rings. The van der Waals surface area contributed by atoms with Crippen molar-refractivity contribution in [1.82, 2.24) is 14.9 Å². The van der Waals surface area contributed by atoms with Crippen LogP contribution in [0.25, 0.3) is 0 Å². The standard InChI is InChI=1S/C19H16N4O/c20-12-15-6-8-17(9-7-15)19(24)22-18(13-23-11-10-21-14-23)16-4-2-1-3-5-16/h1-11,14,18H,13H2,(H,22,24)/t18-/m1/s1. The van der Waals surface area contributed by atoms with E-state index in [4.69, 9.17) is 5.26 Å². The van der Waals surface area contributed by atoms with E-state index in [-0.39, 0.29) is 11.9 Å². The number of imidazole rings is 1. The Morgan fingerprint density at radius 1 is 1.17 bits per heavy atom. The molecular formula is C19H16N4O. The number of benzene rings is 2. The molecule has 2 aromatic carbocycles. The maximum Gasteiger partial charge on any atom is 0.251 e. The van der Waals surface area contributed by atoms with Gasteiger partial charge in [0, 0.05) is 24.5 Å². The monoisotopic (exact) mass is 316 g/mol. The summed E-state index contributed by atoms with van der Waals surface area (Å²) in [6.07, 6.45) is 5.30. The second-order valence-corrected chi connectivity index (χ2v) is 5.39. The van der Waals surface area contributed by atoms with Gasteiger partial charge in [-0.25, -0.2) is 4.98 Å². The molecule has 0 saturated heterocycles. The number of amides is 1. The molecule has 5 nitrogen and oxygen atoms in total. The van der Waals surface area contributed by atoms with E-state index in [1.807, 2.05) is 47.2 Å². The maximum absolute atomic E-state index is 12.5. The molecule has 3 rings (SSSR count). The molecule has 0 aliphatic carbocycles. The lowest BCUT2D eigenvalue weighted by atomic mass is 10.1. The Hall–Kier alpha value is -3.39. The molecule has 1 heterocycles. The van der Waals surface area contributed by atoms with Crippen LogP contribution >= 0.6 is 0 Å². The average molecular weight is 316 g/mol. The summed E-state index contributed by atoms with van der Waals surface area (Å²) >= 11 is 0. The van der Waals surface area contributed by atoms with E-state index in [9.17, 15) is 4.79 Å². The molecular weight excluding hydrogens is 300 g/mol. The minimum Gasteiger partial charge on any atom is -0.343 e. The first-order chi connectivity index (χ1) is 11.8. The number of aromatic nitrogens is 2. The van der Waals surface area contributed by atoms with Crippen molar-refractivity contribution in [2.45, 2.75) is 12.6 Å². The summed E-state index contributed by atoms with van der Waals surface area (Å²) in [6.45, 7) is 0.589. The van der Waals surface area contributed by atoms with Crippen molar-refractivity contribution in [1.29, 1.82) is 5.26 Å². The van der Waals surface area contributed by atoms with Gasteiger partial charge in [-0.05, 0) is 29.8 Å². The molecule has 0 bridgehead atoms. The topological polar surface area (TPSA) is 70.7 Å². The highest BCUT2D eigenvalue weighted by atomic mass is 16.1. The molecule has 1 atom stereocenters. The summed E-state index contributed by atoms with van der Waals surface area (Å²) in [5.74, 6) is -0.173. The van der Waals surface area contributed by atoms with Crippen molar-refractivity contribution in [3.63, 3.8) is 0 Å². The molecule has 1 amide bonds. The first-order valence-electron chi connectivity index (χ1n) is 7.58. The third-order valence-electron chi connectivity index (χ3n) is 3.74. The first kappa shape index (κ1) is 15.5. The van der Waals surface area contributed by atoms with Gasteiger partial charge in [-0.1, -0.05) is 30.3 Å². The molecule has 24 heavy (non-hydrogen) atoms. The second kappa shape index (κ2) is 7.25. The number of hydrogen-bond donors (Lipinski definition) is 1. The summed E-state index contributed by atoms with van der Waals surface area (Å²) in [5, 5.41) is 11.9. The number of carbonyl (C=O) groups excluding carboxylic acids is 1. The van der Waals surface area contributed by atoms with Crippen molar-refractivity contribution in [2.24, 2.45) is 0 Å². The largest absolute Gasteiger partial charge is 0.343 e. The fraction of sp³-hybridized carbons (Fsp3) is 0.105. The van der Waals surface area contributed by atoms with Crippen molar-refractivity contribution < 1.29 is 4.79 Å². The molecule has 0 fully saturated rings. The smallest absolute Gasteiger partial charge is 0.251 e. The molecule has 0 aliphatic heterocycles. The SMILES string of the molecule is N#Cc1ccc(C(=O)N[C@H](Cn2ccnc2)c2ccccc2)cc1. The molecule has 1 aromatic heterocycles. The Morgan fingerprint density at radius 2 is 1.92 bits per heavy atom. The lowest BCUT2D eigenvalue weighted by molar-refractivity contribution is 0.0932. The fourth-order valence-corrected chi connectivity index (χ4v) is 2.46. The average Bonchev–Trinajstić information content (AvgIpc) is 3.15. The van der Waals surface area contributed by atoms with Crippen molar-refractivity contribution in [3.8, 4) is 6.07 Å². The second-order valence-electron chi connectivity index (χ2n) is 5.39. The van der Waals surface area contributed by atoms with Crippen LogP contribution in [0, 0.1) is 11.3 Å². The third kappa shape index (κ3) is 3.68. The number of hydrogen-bond acceptors (Lipinski definition) is 3. The summed E-state index contributed by atoms with van der Waals surface area (Å²) in [5.41, 5.74) is 2.08. The van der Waals surface area contributed by atoms with Crippen molar-refractivity contribution in [2.75, 3.05) is 0 Å². The molecule has 5 heteroatoms. The van der Waals surface area contributed by atoms with Gasteiger partial charge in [0.2, 0.25) is 0 Å². The highest BCUT2D eigenvalue weighted by Gasteiger charge is 2.16. The van der Waals surface area contributed by atoms with Crippen LogP contribution < -0.4 is 5.32 Å². The van der Waals surface area contributed by atoms with Gasteiger partial charge in [-0.2, -0.15) is 5.26 Å². The zero-order chi connectivity index (χ0) is 16.8. The number of carbonyl (C=O) groups is 1. The highest BCUT2D eigenvalue weighted by molar-refractivity contribution is 5.94. The van der Waals surface area contributed by atoms with Crippen LogP contribution in [0.4, 0.5) is 0 Å². The highest BCUT2D eigenvalue weighted by Crippen LogP contribution is 2.16. The maximum atomic E-state index is 12.5. The minimum absolute atomic E-state index is 0.173. The van der Waals surface area contributed by atoms with Crippen LogP contribution in [0.2, 0.25) is 0 Å². The van der Waals surface area contributed by atoms with E-state index in [0.29, 0.717) is 17.7 Å². The van der Waals surface area contributed by atoms with Gasteiger partial charge in [-0.15, -0.1) is 0 Å². The molecule has 0 radical (unpaired) electrons. The number of nitriles is 1. The Balaban J connectivity index is 1.80. The summed E-state index contributed by atoms with van der Waals surface area (Å²) in [7, 11) is 0. The minimum atomic E-state index is -0.177. The zero-order valence-electron chi connectivity index (χ0n) is 13.0. The first-order valence-corrected chi connectivity index (χ1v) is 7.58. The van der Waals surface area contributed by atoms with Crippen molar-refractivity contribution >= 4 is 5.91 Å². The van der Waals surface area contributed by atoms with Gasteiger partial charge < -0.3 is 9.88 Å². The van der Waals surface area contributed by atoms with E-state index in [1.165, 1.54) is 0 Å². The normalized spacial score (nSPS) is 11.5. The van der Waals surface area contributed by atoms with E-state index in [2.05, 4.69) is 10.3 Å².